The lowest BCUT2D eigenvalue weighted by Crippen LogP contribution is -2.48. The topological polar surface area (TPSA) is 183 Å². The Hall–Kier alpha value is -5.42. The van der Waals surface area contributed by atoms with Crippen LogP contribution >= 0.6 is 22.9 Å². The molecule has 2 saturated heterocycles. The lowest BCUT2D eigenvalue weighted by atomic mass is 9.91. The van der Waals surface area contributed by atoms with E-state index in [0.717, 1.165) is 51.9 Å². The minimum Gasteiger partial charge on any atom is -0.506 e. The second-order valence-corrected chi connectivity index (χ2v) is 16.9. The van der Waals surface area contributed by atoms with Crippen molar-refractivity contribution in [3.8, 4) is 33.3 Å². The van der Waals surface area contributed by atoms with Gasteiger partial charge in [-0.15, -0.1) is 21.5 Å². The third-order valence-corrected chi connectivity index (χ3v) is 12.4. The number of H-pyrrole nitrogens is 1. The van der Waals surface area contributed by atoms with E-state index in [-0.39, 0.29) is 64.9 Å². The lowest BCUT2D eigenvalue weighted by molar-refractivity contribution is -0.141. The molecule has 6 heterocycles. The highest BCUT2D eigenvalue weighted by molar-refractivity contribution is 7.13. The van der Waals surface area contributed by atoms with Crippen LogP contribution in [0, 0.1) is 18.7 Å². The summed E-state index contributed by atoms with van der Waals surface area (Å²) in [6.07, 6.45) is -0.706. The van der Waals surface area contributed by atoms with E-state index in [2.05, 4.69) is 35.5 Å². The van der Waals surface area contributed by atoms with Crippen LogP contribution in [-0.4, -0.2) is 102 Å². The Kier molecular flexibility index (Phi) is 11.4. The van der Waals surface area contributed by atoms with Gasteiger partial charge in [-0.2, -0.15) is 0 Å². The molecule has 0 saturated carbocycles. The second kappa shape index (κ2) is 16.7. The van der Waals surface area contributed by atoms with Gasteiger partial charge in [-0.1, -0.05) is 49.7 Å². The molecular weight excluding hydrogens is 799 g/mol. The number of ether oxygens (including phenoxy) is 1. The van der Waals surface area contributed by atoms with Gasteiger partial charge in [-0.25, -0.2) is 9.37 Å². The van der Waals surface area contributed by atoms with Crippen molar-refractivity contribution in [1.82, 2.24) is 40.4 Å². The maximum absolute atomic E-state index is 14.1. The van der Waals surface area contributed by atoms with Crippen LogP contribution in [0.25, 0.3) is 32.7 Å². The third kappa shape index (κ3) is 8.40. The van der Waals surface area contributed by atoms with Crippen molar-refractivity contribution in [1.29, 1.82) is 0 Å². The van der Waals surface area contributed by atoms with Gasteiger partial charge in [-0.3, -0.25) is 14.5 Å². The quantitative estimate of drug-likeness (QED) is 0.0983. The summed E-state index contributed by atoms with van der Waals surface area (Å²) in [6.45, 7) is 10.2. The highest BCUT2D eigenvalue weighted by atomic mass is 35.5. The van der Waals surface area contributed by atoms with Crippen LogP contribution in [0.4, 0.5) is 4.39 Å². The first-order valence-electron chi connectivity index (χ1n) is 19.5. The molecule has 59 heavy (non-hydrogen) atoms. The summed E-state index contributed by atoms with van der Waals surface area (Å²) in [6, 6.07) is 14.4. The molecule has 0 spiro atoms. The predicted octanol–water partition coefficient (Wildman–Crippen LogP) is 6.60. The van der Waals surface area contributed by atoms with Gasteiger partial charge in [0.05, 0.1) is 38.9 Å². The van der Waals surface area contributed by atoms with E-state index in [9.17, 15) is 24.2 Å². The lowest BCUT2D eigenvalue weighted by Gasteiger charge is -2.38. The maximum atomic E-state index is 14.1. The fraction of sp³-hybridized carbons (Fsp3) is 0.381. The highest BCUT2D eigenvalue weighted by Crippen LogP contribution is 2.37. The summed E-state index contributed by atoms with van der Waals surface area (Å²) in [5, 5.41) is 37.2. The Morgan fingerprint density at radius 1 is 1.10 bits per heavy atom. The van der Waals surface area contributed by atoms with Gasteiger partial charge in [0.2, 0.25) is 11.8 Å². The van der Waals surface area contributed by atoms with Crippen molar-refractivity contribution in [2.75, 3.05) is 32.8 Å². The molecule has 0 unspecified atom stereocenters. The smallest absolute Gasteiger partial charge is 0.254 e. The monoisotopic (exact) mass is 842 g/mol. The Balaban J connectivity index is 0.839. The van der Waals surface area contributed by atoms with Gasteiger partial charge < -0.3 is 34.7 Å². The standard InChI is InChI=1S/C42H44ClFN8O6S/c1-21(2)37(42(56)52-19-29(53)15-34(52)41(55)46-22(3)24-5-7-25(8-6-24)39-23(4)45-20-59-39)35-16-36(50-58-35)57-10-9-51-17-27(18-51)32-11-26-12-33(48-49-40(26)47-32)30-13-28(44)14-31(43)38(30)54/h5-8,11-14,16,20-22,27,29,34,37,53-54H,9-10,15,17-19H2,1-4H3,(H,46,55)(H,47,49)/t22-,29+,34-,37+/m0/s1. The summed E-state index contributed by atoms with van der Waals surface area (Å²) in [4.78, 5) is 40.2. The van der Waals surface area contributed by atoms with E-state index >= 15 is 0 Å². The number of thiazole rings is 1. The van der Waals surface area contributed by atoms with Crippen molar-refractivity contribution in [3.63, 3.8) is 0 Å². The molecule has 2 fully saturated rings. The zero-order chi connectivity index (χ0) is 41.5. The van der Waals surface area contributed by atoms with Gasteiger partial charge in [0.25, 0.3) is 5.88 Å². The number of aliphatic hydroxyl groups is 1. The minimum absolute atomic E-state index is 0.0352. The van der Waals surface area contributed by atoms with E-state index < -0.39 is 23.9 Å². The first kappa shape index (κ1) is 40.4. The van der Waals surface area contributed by atoms with Crippen molar-refractivity contribution in [3.05, 3.63) is 93.7 Å². The molecule has 0 bridgehead atoms. The molecule has 4 atom stereocenters. The third-order valence-electron chi connectivity index (χ3n) is 11.1. The van der Waals surface area contributed by atoms with Crippen LogP contribution in [0.2, 0.25) is 5.02 Å². The molecular formula is C42H44ClFN8O6S. The Morgan fingerprint density at radius 2 is 1.88 bits per heavy atom. The number of aryl methyl sites for hydroxylation is 1. The van der Waals surface area contributed by atoms with Crippen LogP contribution in [0.3, 0.4) is 0 Å². The molecule has 4 N–H and O–H groups in total. The van der Waals surface area contributed by atoms with Gasteiger partial charge in [0.1, 0.15) is 30.1 Å². The number of nitrogens with zero attached hydrogens (tertiary/aromatic N) is 6. The molecule has 2 amide bonds. The van der Waals surface area contributed by atoms with Gasteiger partial charge in [-0.05, 0) is 60.3 Å². The largest absolute Gasteiger partial charge is 0.506 e. The number of rotatable bonds is 13. The summed E-state index contributed by atoms with van der Waals surface area (Å²) in [7, 11) is 0. The maximum Gasteiger partial charge on any atom is 0.254 e. The number of aromatic amines is 1. The molecule has 6 aromatic rings. The fourth-order valence-electron chi connectivity index (χ4n) is 7.90. The number of aromatic nitrogens is 5. The average molecular weight is 843 g/mol. The minimum atomic E-state index is -0.844. The number of carbonyl (C=O) groups is 2. The molecule has 14 nitrogen and oxygen atoms in total. The molecule has 2 aromatic carbocycles. The van der Waals surface area contributed by atoms with Crippen LogP contribution in [0.1, 0.15) is 67.8 Å². The van der Waals surface area contributed by atoms with E-state index in [0.29, 0.717) is 30.3 Å². The molecule has 2 aliphatic rings. The number of likely N-dealkylation sites (tertiary alicyclic amines) is 2. The van der Waals surface area contributed by atoms with E-state index in [4.69, 9.17) is 20.9 Å². The van der Waals surface area contributed by atoms with Gasteiger partial charge in [0, 0.05) is 61.2 Å². The number of aromatic hydroxyl groups is 1. The number of phenols is 1. The molecule has 0 aliphatic carbocycles. The number of amides is 2. The number of hydrogen-bond acceptors (Lipinski definition) is 12. The molecule has 0 radical (unpaired) electrons. The SMILES string of the molecule is Cc1ncsc1-c1ccc([C@H](C)NC(=O)[C@@H]2C[C@@H](O)CN2C(=O)[C@@H](c2cc(OCCN3CC(c4cc5cc(-c6cc(F)cc(Cl)c6O)nnc5[nH]4)C3)no2)C(C)C)cc1. The highest BCUT2D eigenvalue weighted by Gasteiger charge is 2.43. The van der Waals surface area contributed by atoms with Crippen LogP contribution in [0.5, 0.6) is 11.6 Å². The molecule has 8 rings (SSSR count). The van der Waals surface area contributed by atoms with Gasteiger partial charge >= 0.3 is 0 Å². The average Bonchev–Trinajstić information content (AvgIpc) is 4.00. The number of aliphatic hydroxyl groups excluding tert-OH is 1. The van der Waals surface area contributed by atoms with Crippen LogP contribution in [0.15, 0.2) is 64.6 Å². The predicted molar refractivity (Wildman–Crippen MR) is 220 cm³/mol. The van der Waals surface area contributed by atoms with Crippen molar-refractivity contribution in [2.45, 2.75) is 64.1 Å². The van der Waals surface area contributed by atoms with Crippen molar-refractivity contribution < 1.29 is 33.5 Å². The van der Waals surface area contributed by atoms with Gasteiger partial charge in [0.15, 0.2) is 11.4 Å². The molecule has 308 valence electrons. The molecule has 4 aromatic heterocycles. The van der Waals surface area contributed by atoms with E-state index in [1.807, 2.05) is 63.5 Å². The molecule has 17 heteroatoms. The summed E-state index contributed by atoms with van der Waals surface area (Å²) < 4.78 is 25.6. The van der Waals surface area contributed by atoms with Crippen LogP contribution in [-0.2, 0) is 9.59 Å². The Labute approximate surface area is 348 Å². The zero-order valence-electron chi connectivity index (χ0n) is 32.9. The summed E-state index contributed by atoms with van der Waals surface area (Å²) >= 11 is 7.54. The zero-order valence-corrected chi connectivity index (χ0v) is 34.4. The number of nitrogens with one attached hydrogen (secondary N) is 2. The Bertz CT molecular complexity index is 2480. The first-order chi connectivity index (χ1) is 28.3. The number of fused-ring (bicyclic) bond motifs is 1. The van der Waals surface area contributed by atoms with Crippen LogP contribution < -0.4 is 10.1 Å². The van der Waals surface area contributed by atoms with E-state index in [1.54, 1.807) is 23.5 Å². The number of phenolic OH excluding ortho intramolecular Hbond substituents is 1. The number of hydrogen-bond donors (Lipinski definition) is 4. The number of halogens is 2. The first-order valence-corrected chi connectivity index (χ1v) is 20.7. The van der Waals surface area contributed by atoms with Crippen molar-refractivity contribution >= 4 is 45.8 Å². The second-order valence-electron chi connectivity index (χ2n) is 15.7. The normalized spacial score (nSPS) is 18.3. The van der Waals surface area contributed by atoms with Crippen molar-refractivity contribution in [2.24, 2.45) is 5.92 Å². The molecule has 2 aliphatic heterocycles. The fourth-order valence-corrected chi connectivity index (χ4v) is 8.91. The Morgan fingerprint density at radius 3 is 2.61 bits per heavy atom. The number of benzene rings is 2. The number of β-amino-alcohol motifs (C(OH)–C–C–N with tert-alkyl or cyclic N) is 1. The van der Waals surface area contributed by atoms with E-state index in [1.165, 1.54) is 11.0 Å². The summed E-state index contributed by atoms with van der Waals surface area (Å²) in [5.74, 6) is -1.62. The number of carbonyl (C=O) groups excluding carboxylic acids is 2. The summed E-state index contributed by atoms with van der Waals surface area (Å²) in [5.41, 5.74) is 6.82.